The number of anilines is 1. The second kappa shape index (κ2) is 13.8. The summed E-state index contributed by atoms with van der Waals surface area (Å²) in [6.07, 6.45) is 1.95. The van der Waals surface area contributed by atoms with E-state index in [0.29, 0.717) is 38.1 Å². The van der Waals surface area contributed by atoms with Crippen LogP contribution < -0.4 is 9.46 Å². The Morgan fingerprint density at radius 2 is 1.77 bits per heavy atom. The zero-order chi connectivity index (χ0) is 32.1. The van der Waals surface area contributed by atoms with Gasteiger partial charge in [-0.25, -0.2) is 18.1 Å². The monoisotopic (exact) mass is 622 g/mol. The van der Waals surface area contributed by atoms with Crippen LogP contribution in [0.5, 0.6) is 5.88 Å². The van der Waals surface area contributed by atoms with Crippen LogP contribution in [0.1, 0.15) is 74.9 Å². The van der Waals surface area contributed by atoms with Crippen molar-refractivity contribution in [2.24, 2.45) is 5.41 Å². The number of carbonyl (C=O) groups is 2. The smallest absolute Gasteiger partial charge is 0.305 e. The van der Waals surface area contributed by atoms with Gasteiger partial charge in [-0.3, -0.25) is 9.59 Å². The summed E-state index contributed by atoms with van der Waals surface area (Å²) in [6, 6.07) is 13.2. The summed E-state index contributed by atoms with van der Waals surface area (Å²) >= 11 is 0. The van der Waals surface area contributed by atoms with Crippen LogP contribution in [0, 0.1) is 19.3 Å². The van der Waals surface area contributed by atoms with Crippen LogP contribution in [0.2, 0.25) is 0 Å². The van der Waals surface area contributed by atoms with E-state index in [-0.39, 0.29) is 58.6 Å². The normalized spacial score (nSPS) is 16.5. The molecule has 11 heteroatoms. The number of benzene rings is 2. The van der Waals surface area contributed by atoms with Crippen LogP contribution in [0.15, 0.2) is 53.4 Å². The van der Waals surface area contributed by atoms with Crippen molar-refractivity contribution in [3.8, 4) is 17.1 Å². The number of unbranched alkanes of at least 4 members (excludes halogenated alkanes) is 1. The molecule has 0 unspecified atom stereocenters. The molecule has 0 radical (unpaired) electrons. The highest BCUT2D eigenvalue weighted by Crippen LogP contribution is 2.31. The predicted molar refractivity (Wildman–Crippen MR) is 169 cm³/mol. The number of hydrogen-bond donors (Lipinski definition) is 1. The van der Waals surface area contributed by atoms with Gasteiger partial charge in [-0.15, -0.1) is 0 Å². The summed E-state index contributed by atoms with van der Waals surface area (Å²) in [4.78, 5) is 36.7. The van der Waals surface area contributed by atoms with E-state index in [1.807, 2.05) is 32.0 Å². The quantitative estimate of drug-likeness (QED) is 0.242. The topological polar surface area (TPSA) is 128 Å². The van der Waals surface area contributed by atoms with Gasteiger partial charge in [0.05, 0.1) is 23.2 Å². The number of sulfonamides is 1. The summed E-state index contributed by atoms with van der Waals surface area (Å²) in [5, 5.41) is 0. The third-order valence-electron chi connectivity index (χ3n) is 7.37. The molecule has 1 aliphatic rings. The van der Waals surface area contributed by atoms with Gasteiger partial charge in [0.15, 0.2) is 0 Å². The number of rotatable bonds is 8. The Bertz CT molecular complexity index is 1600. The minimum Gasteiger partial charge on any atom is -0.475 e. The Morgan fingerprint density at radius 3 is 2.45 bits per heavy atom. The van der Waals surface area contributed by atoms with E-state index in [4.69, 9.17) is 9.47 Å². The first kappa shape index (κ1) is 32.9. The van der Waals surface area contributed by atoms with Gasteiger partial charge in [-0.2, -0.15) is 4.98 Å². The SMILES string of the molecule is CCOC(=O)CCCCN1C(=O)c2cccc(c2)S(=O)(=O)Nc2nc(cc(-c3c(C)cccc3C)n2)OC[C@H]1CC(C)(C)C. The molecule has 2 aromatic carbocycles. The van der Waals surface area contributed by atoms with Crippen molar-refractivity contribution in [1.82, 2.24) is 14.9 Å². The first-order valence-corrected chi connectivity index (χ1v) is 16.4. The first-order valence-electron chi connectivity index (χ1n) is 15.0. The van der Waals surface area contributed by atoms with Gasteiger partial charge >= 0.3 is 5.97 Å². The van der Waals surface area contributed by atoms with Crippen molar-refractivity contribution < 1.29 is 27.5 Å². The fraction of sp³-hybridized carbons (Fsp3) is 0.455. The second-order valence-electron chi connectivity index (χ2n) is 12.3. The van der Waals surface area contributed by atoms with Gasteiger partial charge in [0.2, 0.25) is 11.8 Å². The maximum absolute atomic E-state index is 14.1. The first-order chi connectivity index (χ1) is 20.8. The summed E-state index contributed by atoms with van der Waals surface area (Å²) < 4.78 is 40.9. The van der Waals surface area contributed by atoms with Gasteiger partial charge in [0.25, 0.3) is 15.9 Å². The van der Waals surface area contributed by atoms with Gasteiger partial charge < -0.3 is 14.4 Å². The Labute approximate surface area is 260 Å². The molecule has 0 fully saturated rings. The van der Waals surface area contributed by atoms with E-state index in [2.05, 4.69) is 35.5 Å². The van der Waals surface area contributed by atoms with Gasteiger partial charge in [-0.1, -0.05) is 45.0 Å². The molecule has 1 atom stereocenters. The van der Waals surface area contributed by atoms with E-state index < -0.39 is 10.0 Å². The lowest BCUT2D eigenvalue weighted by molar-refractivity contribution is -0.143. The zero-order valence-corrected chi connectivity index (χ0v) is 27.2. The number of nitrogens with one attached hydrogen (secondary N) is 1. The lowest BCUT2D eigenvalue weighted by Gasteiger charge is -2.36. The minimum absolute atomic E-state index is 0.0826. The highest BCUT2D eigenvalue weighted by molar-refractivity contribution is 7.92. The number of amides is 1. The standard InChI is InChI=1S/C33H42N4O6S/c1-7-42-29(38)16-8-9-17-37-25(20-33(4,5)6)21-43-28-19-27(30-22(2)12-10-13-23(30)3)34-32(35-28)36-44(40,41)26-15-11-14-24(18-26)31(37)39/h10-15,18-19,25H,7-9,16-17,20-21H2,1-6H3,(H,34,35,36)/t25-/m1/s1. The molecule has 10 nitrogen and oxygen atoms in total. The molecule has 2 heterocycles. The summed E-state index contributed by atoms with van der Waals surface area (Å²) in [6.45, 7) is 12.8. The zero-order valence-electron chi connectivity index (χ0n) is 26.3. The van der Waals surface area contributed by atoms with Crippen LogP contribution in [0.4, 0.5) is 5.95 Å². The lowest BCUT2D eigenvalue weighted by Crippen LogP contribution is -2.46. The molecular weight excluding hydrogens is 580 g/mol. The number of fused-ring (bicyclic) bond motifs is 4. The third kappa shape index (κ3) is 8.34. The number of carbonyl (C=O) groups excluding carboxylic acids is 2. The van der Waals surface area contributed by atoms with Crippen molar-refractivity contribution in [1.29, 1.82) is 0 Å². The van der Waals surface area contributed by atoms with E-state index in [1.165, 1.54) is 12.1 Å². The van der Waals surface area contributed by atoms with E-state index in [0.717, 1.165) is 16.7 Å². The largest absolute Gasteiger partial charge is 0.475 e. The van der Waals surface area contributed by atoms with Gasteiger partial charge in [0, 0.05) is 30.2 Å². The highest BCUT2D eigenvalue weighted by atomic mass is 32.2. The van der Waals surface area contributed by atoms with Crippen LogP contribution in [-0.4, -0.2) is 61.0 Å². The van der Waals surface area contributed by atoms with E-state index >= 15 is 0 Å². The van der Waals surface area contributed by atoms with Gasteiger partial charge in [0.1, 0.15) is 6.61 Å². The molecule has 236 valence electrons. The average molecular weight is 623 g/mol. The van der Waals surface area contributed by atoms with Crippen LogP contribution >= 0.6 is 0 Å². The minimum atomic E-state index is -4.15. The molecule has 4 rings (SSSR count). The number of aromatic nitrogens is 2. The van der Waals surface area contributed by atoms with Crippen LogP contribution in [0.25, 0.3) is 11.3 Å². The summed E-state index contributed by atoms with van der Waals surface area (Å²) in [5.41, 5.74) is 3.39. The maximum Gasteiger partial charge on any atom is 0.305 e. The number of ether oxygens (including phenoxy) is 2. The second-order valence-corrected chi connectivity index (χ2v) is 14.0. The fourth-order valence-electron chi connectivity index (χ4n) is 5.41. The molecule has 1 amide bonds. The van der Waals surface area contributed by atoms with Crippen LogP contribution in [0.3, 0.4) is 0 Å². The molecule has 1 aromatic heterocycles. The number of aryl methyl sites for hydroxylation is 2. The fourth-order valence-corrected chi connectivity index (χ4v) is 6.40. The molecule has 0 aliphatic carbocycles. The molecule has 1 aliphatic heterocycles. The van der Waals surface area contributed by atoms with Crippen molar-refractivity contribution in [3.63, 3.8) is 0 Å². The molecule has 0 spiro atoms. The Hall–Kier alpha value is -3.99. The van der Waals surface area contributed by atoms with Crippen molar-refractivity contribution >= 4 is 27.8 Å². The average Bonchev–Trinajstić information content (AvgIpc) is 2.94. The van der Waals surface area contributed by atoms with E-state index in [9.17, 15) is 18.0 Å². The number of nitrogens with zero attached hydrogens (tertiary/aromatic N) is 3. The lowest BCUT2D eigenvalue weighted by atomic mass is 9.87. The number of hydrogen-bond acceptors (Lipinski definition) is 8. The molecule has 44 heavy (non-hydrogen) atoms. The molecule has 0 saturated heterocycles. The van der Waals surface area contributed by atoms with Crippen LogP contribution in [-0.2, 0) is 19.6 Å². The number of esters is 1. The molecule has 1 N–H and O–H groups in total. The Balaban J connectivity index is 1.80. The molecular formula is C33H42N4O6S. The van der Waals surface area contributed by atoms with Crippen molar-refractivity contribution in [2.75, 3.05) is 24.5 Å². The Morgan fingerprint density at radius 1 is 1.07 bits per heavy atom. The van der Waals surface area contributed by atoms with E-state index in [1.54, 1.807) is 30.0 Å². The molecule has 3 aromatic rings. The molecule has 4 bridgehead atoms. The van der Waals surface area contributed by atoms with Gasteiger partial charge in [-0.05, 0) is 74.8 Å². The summed E-state index contributed by atoms with van der Waals surface area (Å²) in [5.74, 6) is -0.526. The summed E-state index contributed by atoms with van der Waals surface area (Å²) in [7, 11) is -4.15. The molecule has 0 saturated carbocycles. The third-order valence-corrected chi connectivity index (χ3v) is 8.69. The maximum atomic E-state index is 14.1. The van der Waals surface area contributed by atoms with Crippen molar-refractivity contribution in [3.05, 3.63) is 65.2 Å². The Kier molecular flexibility index (Phi) is 10.3. The highest BCUT2D eigenvalue weighted by Gasteiger charge is 2.31. The predicted octanol–water partition coefficient (Wildman–Crippen LogP) is 5.93. The van der Waals surface area contributed by atoms with Crippen molar-refractivity contribution in [2.45, 2.75) is 78.2 Å².